The van der Waals surface area contributed by atoms with Gasteiger partial charge in [-0.05, 0) is 0 Å². The summed E-state index contributed by atoms with van der Waals surface area (Å²) in [6.07, 6.45) is 0. The Balaban J connectivity index is 0.00000121. The second-order valence-electron chi connectivity index (χ2n) is 1.95. The Hall–Kier alpha value is -1.76. The van der Waals surface area contributed by atoms with E-state index in [2.05, 4.69) is 0 Å². The first-order chi connectivity index (χ1) is 5.04. The van der Waals surface area contributed by atoms with Gasteiger partial charge in [0.05, 0.1) is 0 Å². The molecule has 0 radical (unpaired) electrons. The highest BCUT2D eigenvalue weighted by Crippen LogP contribution is 1.94. The van der Waals surface area contributed by atoms with Crippen LogP contribution in [0.25, 0.3) is 0 Å². The number of imide groups is 2. The number of nitrogens with zero attached hydrogens (tertiary/aromatic N) is 1. The van der Waals surface area contributed by atoms with Gasteiger partial charge in [0.15, 0.2) is 0 Å². The van der Waals surface area contributed by atoms with Crippen molar-refractivity contribution in [3.63, 3.8) is 0 Å². The van der Waals surface area contributed by atoms with Crippen LogP contribution in [0.5, 0.6) is 0 Å². The summed E-state index contributed by atoms with van der Waals surface area (Å²) >= 11 is 0. The molecule has 0 saturated carbocycles. The molecule has 0 spiro atoms. The SMILES string of the molecule is CN1C(=O)NC(=O)C(=O)C1=O.O. The van der Waals surface area contributed by atoms with Gasteiger partial charge in [-0.25, -0.2) is 4.79 Å². The third-order valence-corrected chi connectivity index (χ3v) is 1.23. The number of Topliss-reactive ketones (excluding diaryl/α,β-unsaturated/α-hetero) is 1. The number of nitrogens with one attached hydrogen (secondary N) is 1. The van der Waals surface area contributed by atoms with Crippen molar-refractivity contribution >= 4 is 23.6 Å². The van der Waals surface area contributed by atoms with Crippen LogP contribution >= 0.6 is 0 Å². The van der Waals surface area contributed by atoms with E-state index in [1.54, 1.807) is 5.32 Å². The van der Waals surface area contributed by atoms with E-state index in [-0.39, 0.29) is 5.48 Å². The zero-order chi connectivity index (χ0) is 8.59. The molecule has 0 aromatic carbocycles. The number of barbiturate groups is 1. The molecule has 7 nitrogen and oxygen atoms in total. The van der Waals surface area contributed by atoms with Gasteiger partial charge in [0.2, 0.25) is 0 Å². The molecule has 1 fully saturated rings. The fourth-order valence-corrected chi connectivity index (χ4v) is 0.579. The highest BCUT2D eigenvalue weighted by molar-refractivity contribution is 6.66. The number of ketones is 1. The molecule has 7 heteroatoms. The first kappa shape index (κ1) is 10.2. The number of likely N-dealkylation sites (N-methyl/N-ethyl adjacent to an activating group) is 1. The van der Waals surface area contributed by atoms with Crippen molar-refractivity contribution in [3.8, 4) is 0 Å². The maximum absolute atomic E-state index is 10.6. The molecule has 0 aromatic rings. The van der Waals surface area contributed by atoms with Crippen LogP contribution in [0, 0.1) is 0 Å². The smallest absolute Gasteiger partial charge is 0.331 e. The maximum atomic E-state index is 10.6. The van der Waals surface area contributed by atoms with Crippen LogP contribution in [0.15, 0.2) is 0 Å². The van der Waals surface area contributed by atoms with E-state index in [9.17, 15) is 19.2 Å². The lowest BCUT2D eigenvalue weighted by Crippen LogP contribution is -2.56. The quantitative estimate of drug-likeness (QED) is 0.406. The zero-order valence-corrected chi connectivity index (χ0v) is 6.08. The standard InChI is InChI=1S/C5H4N2O4.H2O/c1-7-4(10)2(8)3(9)6-5(7)11;/h1H3,(H,6,9,11);1H2. The summed E-state index contributed by atoms with van der Waals surface area (Å²) in [5.41, 5.74) is 0. The van der Waals surface area contributed by atoms with Gasteiger partial charge in [-0.1, -0.05) is 0 Å². The Kier molecular flexibility index (Phi) is 2.64. The maximum Gasteiger partial charge on any atom is 0.331 e. The van der Waals surface area contributed by atoms with Gasteiger partial charge in [0.1, 0.15) is 0 Å². The van der Waals surface area contributed by atoms with Crippen molar-refractivity contribution in [1.82, 2.24) is 10.2 Å². The first-order valence-electron chi connectivity index (χ1n) is 2.71. The van der Waals surface area contributed by atoms with Crippen molar-refractivity contribution in [1.29, 1.82) is 0 Å². The summed E-state index contributed by atoms with van der Waals surface area (Å²) in [5.74, 6) is -3.48. The molecule has 1 saturated heterocycles. The Morgan fingerprint density at radius 2 is 1.67 bits per heavy atom. The number of rotatable bonds is 0. The van der Waals surface area contributed by atoms with Crippen molar-refractivity contribution in [3.05, 3.63) is 0 Å². The molecule has 12 heavy (non-hydrogen) atoms. The monoisotopic (exact) mass is 174 g/mol. The summed E-state index contributed by atoms with van der Waals surface area (Å²) in [5, 5.41) is 1.69. The second kappa shape index (κ2) is 3.09. The van der Waals surface area contributed by atoms with E-state index in [4.69, 9.17) is 0 Å². The summed E-state index contributed by atoms with van der Waals surface area (Å²) in [7, 11) is 1.11. The zero-order valence-electron chi connectivity index (χ0n) is 6.08. The van der Waals surface area contributed by atoms with E-state index in [0.29, 0.717) is 4.90 Å². The van der Waals surface area contributed by atoms with E-state index in [1.807, 2.05) is 0 Å². The molecule has 1 aliphatic heterocycles. The molecule has 1 rings (SSSR count). The van der Waals surface area contributed by atoms with Crippen molar-refractivity contribution in [2.45, 2.75) is 0 Å². The molecule has 0 aromatic heterocycles. The second-order valence-corrected chi connectivity index (χ2v) is 1.95. The molecule has 1 aliphatic rings. The first-order valence-corrected chi connectivity index (χ1v) is 2.71. The molecular weight excluding hydrogens is 168 g/mol. The number of hydrogen-bond acceptors (Lipinski definition) is 4. The number of carbonyl (C=O) groups is 4. The predicted octanol–water partition coefficient (Wildman–Crippen LogP) is -2.56. The molecule has 0 aliphatic carbocycles. The highest BCUT2D eigenvalue weighted by Gasteiger charge is 2.36. The Labute approximate surface area is 66.6 Å². The lowest BCUT2D eigenvalue weighted by Gasteiger charge is -2.18. The normalized spacial score (nSPS) is 17.2. The van der Waals surface area contributed by atoms with E-state index >= 15 is 0 Å². The third-order valence-electron chi connectivity index (χ3n) is 1.23. The van der Waals surface area contributed by atoms with Crippen LogP contribution in [0.1, 0.15) is 0 Å². The molecule has 0 bridgehead atoms. The lowest BCUT2D eigenvalue weighted by molar-refractivity contribution is -0.150. The van der Waals surface area contributed by atoms with Gasteiger partial charge < -0.3 is 5.48 Å². The lowest BCUT2D eigenvalue weighted by atomic mass is 10.3. The Bertz CT molecular complexity index is 271. The predicted molar refractivity (Wildman–Crippen MR) is 34.9 cm³/mol. The van der Waals surface area contributed by atoms with E-state index < -0.39 is 23.6 Å². The highest BCUT2D eigenvalue weighted by atomic mass is 16.2. The Morgan fingerprint density at radius 3 is 2.17 bits per heavy atom. The fourth-order valence-electron chi connectivity index (χ4n) is 0.579. The molecular formula is C5H6N2O5. The van der Waals surface area contributed by atoms with E-state index in [1.165, 1.54) is 0 Å². The average Bonchev–Trinajstić information content (AvgIpc) is 1.97. The molecule has 4 amide bonds. The number of hydrogen-bond donors (Lipinski definition) is 1. The van der Waals surface area contributed by atoms with Crippen LogP contribution in [0.2, 0.25) is 0 Å². The van der Waals surface area contributed by atoms with Crippen LogP contribution in [-0.2, 0) is 14.4 Å². The fraction of sp³-hybridized carbons (Fsp3) is 0.200. The summed E-state index contributed by atoms with van der Waals surface area (Å²) in [6.45, 7) is 0. The molecule has 1 heterocycles. The molecule has 66 valence electrons. The summed E-state index contributed by atoms with van der Waals surface area (Å²) in [4.78, 5) is 42.7. The van der Waals surface area contributed by atoms with E-state index in [0.717, 1.165) is 7.05 Å². The van der Waals surface area contributed by atoms with Crippen LogP contribution in [-0.4, -0.2) is 41.1 Å². The number of urea groups is 1. The van der Waals surface area contributed by atoms with Crippen LogP contribution in [0.4, 0.5) is 4.79 Å². The minimum atomic E-state index is -1.22. The van der Waals surface area contributed by atoms with Crippen LogP contribution in [0.3, 0.4) is 0 Å². The van der Waals surface area contributed by atoms with Gasteiger partial charge in [0.25, 0.3) is 0 Å². The molecule has 0 unspecified atom stereocenters. The molecule has 3 N–H and O–H groups in total. The minimum Gasteiger partial charge on any atom is -0.412 e. The number of amides is 4. The average molecular weight is 174 g/mol. The molecule has 0 atom stereocenters. The van der Waals surface area contributed by atoms with Crippen molar-refractivity contribution in [2.24, 2.45) is 0 Å². The van der Waals surface area contributed by atoms with Crippen LogP contribution < -0.4 is 5.32 Å². The number of carbonyl (C=O) groups excluding carboxylic acids is 4. The summed E-state index contributed by atoms with van der Waals surface area (Å²) in [6, 6.07) is -0.875. The van der Waals surface area contributed by atoms with Gasteiger partial charge in [-0.3, -0.25) is 24.6 Å². The largest absolute Gasteiger partial charge is 0.412 e. The van der Waals surface area contributed by atoms with Gasteiger partial charge in [-0.2, -0.15) is 0 Å². The topological polar surface area (TPSA) is 115 Å². The van der Waals surface area contributed by atoms with Gasteiger partial charge in [-0.15, -0.1) is 0 Å². The minimum absolute atomic E-state index is 0. The van der Waals surface area contributed by atoms with Crippen molar-refractivity contribution < 1.29 is 24.7 Å². The van der Waals surface area contributed by atoms with Gasteiger partial charge in [0, 0.05) is 7.05 Å². The van der Waals surface area contributed by atoms with Gasteiger partial charge >= 0.3 is 23.6 Å². The summed E-state index contributed by atoms with van der Waals surface area (Å²) < 4.78 is 0. The third kappa shape index (κ3) is 1.30. The van der Waals surface area contributed by atoms with Crippen molar-refractivity contribution in [2.75, 3.05) is 7.05 Å². The Morgan fingerprint density at radius 1 is 1.17 bits per heavy atom.